The zero-order valence-electron chi connectivity index (χ0n) is 10.6. The number of amides is 1. The van der Waals surface area contributed by atoms with Crippen molar-refractivity contribution in [2.45, 2.75) is 26.1 Å². The molecule has 0 aromatic heterocycles. The molecular weight excluding hydrogens is 276 g/mol. The van der Waals surface area contributed by atoms with Crippen LogP contribution in [0.2, 0.25) is 5.02 Å². The standard InChI is InChI=1S/C13H14ClF2NO2/c1-7-5-17(6-8(2)19-7)13(18)9-3-11(15)12(16)4-10(9)14/h3-4,7-8H,5-6H2,1-2H3/t7-,8-/m1/s1. The Balaban J connectivity index is 2.26. The molecular formula is C13H14ClF2NO2. The first-order chi connectivity index (χ1) is 8.88. The summed E-state index contributed by atoms with van der Waals surface area (Å²) in [6, 6.07) is 1.65. The summed E-state index contributed by atoms with van der Waals surface area (Å²) in [4.78, 5) is 13.8. The molecule has 1 amide bonds. The summed E-state index contributed by atoms with van der Waals surface area (Å²) in [7, 11) is 0. The van der Waals surface area contributed by atoms with E-state index in [9.17, 15) is 13.6 Å². The molecule has 3 nitrogen and oxygen atoms in total. The summed E-state index contributed by atoms with van der Waals surface area (Å²) < 4.78 is 31.7. The van der Waals surface area contributed by atoms with Crippen molar-refractivity contribution in [2.24, 2.45) is 0 Å². The maximum absolute atomic E-state index is 13.2. The summed E-state index contributed by atoms with van der Waals surface area (Å²) in [5, 5.41) is -0.0873. The van der Waals surface area contributed by atoms with E-state index >= 15 is 0 Å². The van der Waals surface area contributed by atoms with Gasteiger partial charge in [-0.25, -0.2) is 8.78 Å². The second kappa shape index (κ2) is 5.43. The minimum Gasteiger partial charge on any atom is -0.372 e. The molecule has 0 spiro atoms. The van der Waals surface area contributed by atoms with Gasteiger partial charge < -0.3 is 9.64 Å². The lowest BCUT2D eigenvalue weighted by Gasteiger charge is -2.35. The first kappa shape index (κ1) is 14.2. The SMILES string of the molecule is C[C@@H]1CN(C(=O)c2cc(F)c(F)cc2Cl)C[C@@H](C)O1. The highest BCUT2D eigenvalue weighted by Crippen LogP contribution is 2.23. The fourth-order valence-electron chi connectivity index (χ4n) is 2.20. The van der Waals surface area contributed by atoms with E-state index in [2.05, 4.69) is 0 Å². The lowest BCUT2D eigenvalue weighted by Crippen LogP contribution is -2.48. The summed E-state index contributed by atoms with van der Waals surface area (Å²) >= 11 is 5.80. The highest BCUT2D eigenvalue weighted by molar-refractivity contribution is 6.33. The molecule has 19 heavy (non-hydrogen) atoms. The van der Waals surface area contributed by atoms with Gasteiger partial charge in [0, 0.05) is 13.1 Å². The topological polar surface area (TPSA) is 29.5 Å². The molecule has 1 aliphatic rings. The fraction of sp³-hybridized carbons (Fsp3) is 0.462. The third-order valence-corrected chi connectivity index (χ3v) is 3.26. The van der Waals surface area contributed by atoms with Gasteiger partial charge in [-0.05, 0) is 26.0 Å². The molecule has 0 saturated carbocycles. The van der Waals surface area contributed by atoms with E-state index in [4.69, 9.17) is 16.3 Å². The van der Waals surface area contributed by atoms with Crippen LogP contribution in [-0.4, -0.2) is 36.1 Å². The Morgan fingerprint density at radius 3 is 2.37 bits per heavy atom. The average Bonchev–Trinajstić information content (AvgIpc) is 2.31. The van der Waals surface area contributed by atoms with E-state index < -0.39 is 17.5 Å². The van der Waals surface area contributed by atoms with E-state index in [1.807, 2.05) is 13.8 Å². The minimum absolute atomic E-state index is 0.0260. The summed E-state index contributed by atoms with van der Waals surface area (Å²) in [5.41, 5.74) is -0.0260. The van der Waals surface area contributed by atoms with Crippen LogP contribution in [0.15, 0.2) is 12.1 Å². The molecule has 0 radical (unpaired) electrons. The number of benzene rings is 1. The molecule has 0 unspecified atom stereocenters. The molecule has 1 aromatic carbocycles. The zero-order chi connectivity index (χ0) is 14.2. The van der Waals surface area contributed by atoms with Gasteiger partial charge in [-0.2, -0.15) is 0 Å². The van der Waals surface area contributed by atoms with Gasteiger partial charge in [0.15, 0.2) is 11.6 Å². The normalized spacial score (nSPS) is 23.5. The fourth-order valence-corrected chi connectivity index (χ4v) is 2.43. The van der Waals surface area contributed by atoms with E-state index in [0.717, 1.165) is 12.1 Å². The Bertz CT molecular complexity index is 500. The number of ether oxygens (including phenoxy) is 1. The number of carbonyl (C=O) groups is 1. The second-order valence-corrected chi connectivity index (χ2v) is 5.12. The Labute approximate surface area is 115 Å². The number of nitrogens with zero attached hydrogens (tertiary/aromatic N) is 1. The summed E-state index contributed by atoms with van der Waals surface area (Å²) in [5.74, 6) is -2.56. The van der Waals surface area contributed by atoms with Crippen LogP contribution >= 0.6 is 11.6 Å². The molecule has 1 saturated heterocycles. The molecule has 6 heteroatoms. The minimum atomic E-state index is -1.08. The first-order valence-electron chi connectivity index (χ1n) is 5.97. The molecule has 1 heterocycles. The molecule has 0 N–H and O–H groups in total. The predicted octanol–water partition coefficient (Wildman–Crippen LogP) is 2.87. The van der Waals surface area contributed by atoms with E-state index in [1.165, 1.54) is 4.90 Å². The van der Waals surface area contributed by atoms with Crippen LogP contribution in [0.5, 0.6) is 0 Å². The van der Waals surface area contributed by atoms with Crippen LogP contribution in [0.4, 0.5) is 8.78 Å². The smallest absolute Gasteiger partial charge is 0.255 e. The van der Waals surface area contributed by atoms with Crippen molar-refractivity contribution in [3.63, 3.8) is 0 Å². The second-order valence-electron chi connectivity index (χ2n) is 4.71. The molecule has 1 aromatic rings. The van der Waals surface area contributed by atoms with Crippen molar-refractivity contribution in [3.05, 3.63) is 34.4 Å². The van der Waals surface area contributed by atoms with Gasteiger partial charge in [0.25, 0.3) is 5.91 Å². The van der Waals surface area contributed by atoms with Crippen molar-refractivity contribution < 1.29 is 18.3 Å². The number of hydrogen-bond donors (Lipinski definition) is 0. The van der Waals surface area contributed by atoms with E-state index in [-0.39, 0.29) is 22.8 Å². The Morgan fingerprint density at radius 2 is 1.79 bits per heavy atom. The molecule has 1 fully saturated rings. The molecule has 2 atom stereocenters. The average molecular weight is 290 g/mol. The number of carbonyl (C=O) groups excluding carboxylic acids is 1. The van der Waals surface area contributed by atoms with Crippen LogP contribution in [0.3, 0.4) is 0 Å². The maximum atomic E-state index is 13.2. The van der Waals surface area contributed by atoms with Crippen molar-refractivity contribution in [1.29, 1.82) is 0 Å². The highest BCUT2D eigenvalue weighted by atomic mass is 35.5. The van der Waals surface area contributed by atoms with Gasteiger partial charge in [0.1, 0.15) is 0 Å². The van der Waals surface area contributed by atoms with Gasteiger partial charge in [-0.1, -0.05) is 11.6 Å². The van der Waals surface area contributed by atoms with Crippen molar-refractivity contribution in [2.75, 3.05) is 13.1 Å². The lowest BCUT2D eigenvalue weighted by atomic mass is 10.1. The molecule has 0 bridgehead atoms. The van der Waals surface area contributed by atoms with Gasteiger partial charge in [-0.15, -0.1) is 0 Å². The maximum Gasteiger partial charge on any atom is 0.255 e. The highest BCUT2D eigenvalue weighted by Gasteiger charge is 2.28. The number of morpholine rings is 1. The van der Waals surface area contributed by atoms with Crippen molar-refractivity contribution in [3.8, 4) is 0 Å². The van der Waals surface area contributed by atoms with Gasteiger partial charge in [0.2, 0.25) is 0 Å². The molecule has 1 aliphatic heterocycles. The van der Waals surface area contributed by atoms with Crippen LogP contribution < -0.4 is 0 Å². The van der Waals surface area contributed by atoms with Crippen LogP contribution in [0, 0.1) is 11.6 Å². The third kappa shape index (κ3) is 3.04. The van der Waals surface area contributed by atoms with Gasteiger partial charge in [0.05, 0.1) is 22.8 Å². The van der Waals surface area contributed by atoms with Gasteiger partial charge >= 0.3 is 0 Å². The van der Waals surface area contributed by atoms with Gasteiger partial charge in [-0.3, -0.25) is 4.79 Å². The predicted molar refractivity (Wildman–Crippen MR) is 67.3 cm³/mol. The Kier molecular flexibility index (Phi) is 4.06. The molecule has 0 aliphatic carbocycles. The van der Waals surface area contributed by atoms with E-state index in [0.29, 0.717) is 13.1 Å². The monoisotopic (exact) mass is 289 g/mol. The molecule has 2 rings (SSSR count). The lowest BCUT2D eigenvalue weighted by molar-refractivity contribution is -0.0586. The summed E-state index contributed by atoms with van der Waals surface area (Å²) in [6.07, 6.45) is -0.200. The third-order valence-electron chi connectivity index (χ3n) is 2.95. The summed E-state index contributed by atoms with van der Waals surface area (Å²) in [6.45, 7) is 4.50. The number of halogens is 3. The van der Waals surface area contributed by atoms with Crippen LogP contribution in [0.1, 0.15) is 24.2 Å². The number of rotatable bonds is 1. The van der Waals surface area contributed by atoms with Crippen molar-refractivity contribution >= 4 is 17.5 Å². The van der Waals surface area contributed by atoms with E-state index in [1.54, 1.807) is 0 Å². The first-order valence-corrected chi connectivity index (χ1v) is 6.35. The van der Waals surface area contributed by atoms with Crippen LogP contribution in [-0.2, 0) is 4.74 Å². The largest absolute Gasteiger partial charge is 0.372 e. The molecule has 104 valence electrons. The zero-order valence-corrected chi connectivity index (χ0v) is 11.4. The Morgan fingerprint density at radius 1 is 1.26 bits per heavy atom. The van der Waals surface area contributed by atoms with Crippen LogP contribution in [0.25, 0.3) is 0 Å². The Hall–Kier alpha value is -1.20. The van der Waals surface area contributed by atoms with Crippen molar-refractivity contribution in [1.82, 2.24) is 4.90 Å². The quantitative estimate of drug-likeness (QED) is 0.744. The number of hydrogen-bond acceptors (Lipinski definition) is 2.